The van der Waals surface area contributed by atoms with Crippen molar-refractivity contribution in [3.63, 3.8) is 0 Å². The molecule has 0 fully saturated rings. The van der Waals surface area contributed by atoms with Crippen LogP contribution in [0.2, 0.25) is 0 Å². The molecule has 0 heterocycles. The van der Waals surface area contributed by atoms with E-state index in [0.29, 0.717) is 30.1 Å². The molecule has 6 heteroatoms. The minimum absolute atomic E-state index is 0.256. The summed E-state index contributed by atoms with van der Waals surface area (Å²) in [6.07, 6.45) is 3.20. The van der Waals surface area contributed by atoms with E-state index in [1.165, 1.54) is 20.3 Å². The van der Waals surface area contributed by atoms with E-state index in [4.69, 9.17) is 14.6 Å². The zero-order chi connectivity index (χ0) is 15.7. The summed E-state index contributed by atoms with van der Waals surface area (Å²) in [4.78, 5) is 21.6. The number of esters is 1. The molecule has 0 unspecified atom stereocenters. The first-order valence-electron chi connectivity index (χ1n) is 6.36. The molecule has 0 aliphatic carbocycles. The molecule has 0 radical (unpaired) electrons. The Bertz CT molecular complexity index is 521. The monoisotopic (exact) mass is 294 g/mol. The number of ether oxygens (including phenoxy) is 3. The molecule has 0 spiro atoms. The number of carbonyl (C=O) groups excluding carboxylic acids is 1. The van der Waals surface area contributed by atoms with Gasteiger partial charge in [0.25, 0.3) is 0 Å². The van der Waals surface area contributed by atoms with Crippen molar-refractivity contribution in [3.05, 3.63) is 29.8 Å². The van der Waals surface area contributed by atoms with E-state index in [-0.39, 0.29) is 12.4 Å². The van der Waals surface area contributed by atoms with Crippen LogP contribution in [-0.2, 0) is 14.3 Å². The number of benzene rings is 1. The third-order valence-corrected chi connectivity index (χ3v) is 2.63. The highest BCUT2D eigenvalue weighted by molar-refractivity contribution is 5.86. The third kappa shape index (κ3) is 5.56. The maximum absolute atomic E-state index is 11.0. The molecule has 0 bridgehead atoms. The van der Waals surface area contributed by atoms with Crippen molar-refractivity contribution in [1.29, 1.82) is 0 Å². The molecule has 1 aromatic rings. The molecule has 1 N–H and O–H groups in total. The van der Waals surface area contributed by atoms with Crippen LogP contribution in [0.15, 0.2) is 24.3 Å². The van der Waals surface area contributed by atoms with Crippen molar-refractivity contribution in [2.24, 2.45) is 0 Å². The van der Waals surface area contributed by atoms with Gasteiger partial charge in [-0.2, -0.15) is 0 Å². The molecule has 0 saturated heterocycles. The lowest BCUT2D eigenvalue weighted by atomic mass is 10.1. The molecule has 114 valence electrons. The zero-order valence-corrected chi connectivity index (χ0v) is 12.0. The Morgan fingerprint density at radius 3 is 2.67 bits per heavy atom. The highest BCUT2D eigenvalue weighted by Gasteiger charge is 2.09. The number of aliphatic carboxylic acids is 1. The molecule has 1 aromatic carbocycles. The number of methoxy groups -OCH3 is 2. The summed E-state index contributed by atoms with van der Waals surface area (Å²) in [5.74, 6) is -0.401. The maximum Gasteiger partial charge on any atom is 0.328 e. The van der Waals surface area contributed by atoms with E-state index >= 15 is 0 Å². The molecular weight excluding hydrogens is 276 g/mol. The summed E-state index contributed by atoms with van der Waals surface area (Å²) >= 11 is 0. The normalized spacial score (nSPS) is 10.4. The predicted molar refractivity (Wildman–Crippen MR) is 76.4 cm³/mol. The lowest BCUT2D eigenvalue weighted by Crippen LogP contribution is -2.06. The standard InChI is InChI=1S/C15H18O6/c1-19-12-6-3-5-11(8-9-13(16)17)15(12)21-10-4-7-14(18)20-2/h3,5-6,8-9H,4,7,10H2,1-2H3,(H,16,17)/b9-8+. The zero-order valence-electron chi connectivity index (χ0n) is 12.0. The first-order chi connectivity index (χ1) is 10.1. The fourth-order valence-corrected chi connectivity index (χ4v) is 1.63. The van der Waals surface area contributed by atoms with Crippen LogP contribution in [0.3, 0.4) is 0 Å². The number of rotatable bonds is 8. The second kappa shape index (κ2) is 8.63. The van der Waals surface area contributed by atoms with Crippen LogP contribution < -0.4 is 9.47 Å². The Morgan fingerprint density at radius 1 is 1.29 bits per heavy atom. The fraction of sp³-hybridized carbons (Fsp3) is 0.333. The SMILES string of the molecule is COC(=O)CCCOc1c(/C=C/C(=O)O)cccc1OC. The van der Waals surface area contributed by atoms with Crippen molar-refractivity contribution < 1.29 is 28.9 Å². The van der Waals surface area contributed by atoms with Crippen LogP contribution >= 0.6 is 0 Å². The summed E-state index contributed by atoms with van der Waals surface area (Å²) < 4.78 is 15.3. The van der Waals surface area contributed by atoms with Crippen molar-refractivity contribution in [1.82, 2.24) is 0 Å². The second-order valence-corrected chi connectivity index (χ2v) is 4.08. The molecule has 0 aliphatic rings. The Morgan fingerprint density at radius 2 is 2.05 bits per heavy atom. The summed E-state index contributed by atoms with van der Waals surface area (Å²) in [6.45, 7) is 0.295. The first-order valence-corrected chi connectivity index (χ1v) is 6.36. The molecule has 0 atom stereocenters. The van der Waals surface area contributed by atoms with Crippen LogP contribution in [-0.4, -0.2) is 37.9 Å². The molecule has 1 rings (SSSR count). The van der Waals surface area contributed by atoms with Gasteiger partial charge in [-0.05, 0) is 18.6 Å². The van der Waals surface area contributed by atoms with E-state index in [9.17, 15) is 9.59 Å². The summed E-state index contributed by atoms with van der Waals surface area (Å²) in [5.41, 5.74) is 0.592. The van der Waals surface area contributed by atoms with Gasteiger partial charge < -0.3 is 19.3 Å². The fourth-order valence-electron chi connectivity index (χ4n) is 1.63. The summed E-state index contributed by atoms with van der Waals surface area (Å²) in [5, 5.41) is 8.68. The molecule has 0 aromatic heterocycles. The highest BCUT2D eigenvalue weighted by Crippen LogP contribution is 2.32. The summed E-state index contributed by atoms with van der Waals surface area (Å²) in [7, 11) is 2.83. The average molecular weight is 294 g/mol. The van der Waals surface area contributed by atoms with E-state index in [1.807, 2.05) is 0 Å². The Balaban J connectivity index is 2.77. The van der Waals surface area contributed by atoms with Crippen LogP contribution in [0.1, 0.15) is 18.4 Å². The van der Waals surface area contributed by atoms with Crippen molar-refractivity contribution in [2.75, 3.05) is 20.8 Å². The first kappa shape index (κ1) is 16.6. The van der Waals surface area contributed by atoms with E-state index in [2.05, 4.69) is 4.74 Å². The largest absolute Gasteiger partial charge is 0.493 e. The Labute approximate surface area is 122 Å². The number of carboxylic acid groups (broad SMARTS) is 1. The predicted octanol–water partition coefficient (Wildman–Crippen LogP) is 2.12. The van der Waals surface area contributed by atoms with Crippen LogP contribution in [0.25, 0.3) is 6.08 Å². The summed E-state index contributed by atoms with van der Waals surface area (Å²) in [6, 6.07) is 5.17. The van der Waals surface area contributed by atoms with Gasteiger partial charge in [0.15, 0.2) is 11.5 Å². The van der Waals surface area contributed by atoms with Gasteiger partial charge in [0.05, 0.1) is 20.8 Å². The number of carboxylic acids is 1. The molecule has 21 heavy (non-hydrogen) atoms. The molecule has 6 nitrogen and oxygen atoms in total. The minimum Gasteiger partial charge on any atom is -0.493 e. The Kier molecular flexibility index (Phi) is 6.80. The number of hydrogen-bond acceptors (Lipinski definition) is 5. The lowest BCUT2D eigenvalue weighted by molar-refractivity contribution is -0.140. The number of carbonyl (C=O) groups is 2. The smallest absolute Gasteiger partial charge is 0.328 e. The van der Waals surface area contributed by atoms with E-state index < -0.39 is 5.97 Å². The van der Waals surface area contributed by atoms with Gasteiger partial charge in [-0.1, -0.05) is 12.1 Å². The van der Waals surface area contributed by atoms with E-state index in [1.54, 1.807) is 18.2 Å². The van der Waals surface area contributed by atoms with E-state index in [0.717, 1.165) is 6.08 Å². The van der Waals surface area contributed by atoms with Gasteiger partial charge in [-0.3, -0.25) is 4.79 Å². The highest BCUT2D eigenvalue weighted by atomic mass is 16.5. The van der Waals surface area contributed by atoms with Crippen LogP contribution in [0, 0.1) is 0 Å². The van der Waals surface area contributed by atoms with Gasteiger partial charge >= 0.3 is 11.9 Å². The quantitative estimate of drug-likeness (QED) is 0.449. The minimum atomic E-state index is -1.05. The van der Waals surface area contributed by atoms with Gasteiger partial charge in [-0.15, -0.1) is 0 Å². The molecule has 0 aliphatic heterocycles. The van der Waals surface area contributed by atoms with Gasteiger partial charge in [0, 0.05) is 18.1 Å². The number of para-hydroxylation sites is 1. The number of hydrogen-bond donors (Lipinski definition) is 1. The van der Waals surface area contributed by atoms with Crippen LogP contribution in [0.5, 0.6) is 11.5 Å². The van der Waals surface area contributed by atoms with Gasteiger partial charge in [-0.25, -0.2) is 4.79 Å². The maximum atomic E-state index is 11.0. The molecule has 0 amide bonds. The Hall–Kier alpha value is -2.50. The van der Waals surface area contributed by atoms with Gasteiger partial charge in [0.2, 0.25) is 0 Å². The molecule has 0 saturated carbocycles. The van der Waals surface area contributed by atoms with Crippen molar-refractivity contribution in [3.8, 4) is 11.5 Å². The topological polar surface area (TPSA) is 82.1 Å². The van der Waals surface area contributed by atoms with Gasteiger partial charge in [0.1, 0.15) is 0 Å². The lowest BCUT2D eigenvalue weighted by Gasteiger charge is -2.13. The van der Waals surface area contributed by atoms with Crippen molar-refractivity contribution in [2.45, 2.75) is 12.8 Å². The average Bonchev–Trinajstić information content (AvgIpc) is 2.49. The van der Waals surface area contributed by atoms with Crippen LogP contribution in [0.4, 0.5) is 0 Å². The molecular formula is C15H18O6. The third-order valence-electron chi connectivity index (χ3n) is 2.63. The second-order valence-electron chi connectivity index (χ2n) is 4.08. The van der Waals surface area contributed by atoms with Crippen molar-refractivity contribution >= 4 is 18.0 Å².